The predicted octanol–water partition coefficient (Wildman–Crippen LogP) is -2.41. The monoisotopic (exact) mass is 318 g/mol. The quantitative estimate of drug-likeness (QED) is 0.287. The van der Waals surface area contributed by atoms with Crippen LogP contribution in [0.5, 0.6) is 0 Å². The van der Waals surface area contributed by atoms with Crippen LogP contribution in [0, 0.1) is 0 Å². The number of hydrogen-bond donors (Lipinski definition) is 6. The zero-order valence-electron chi connectivity index (χ0n) is 12.0. The van der Waals surface area contributed by atoms with E-state index in [0.29, 0.717) is 0 Å². The van der Waals surface area contributed by atoms with Gasteiger partial charge < -0.3 is 31.9 Å². The summed E-state index contributed by atoms with van der Waals surface area (Å²) in [4.78, 5) is 55.3. The second-order valence-electron chi connectivity index (χ2n) is 4.47. The van der Waals surface area contributed by atoms with Crippen LogP contribution in [0.2, 0.25) is 0 Å². The predicted molar refractivity (Wildman–Crippen MR) is 71.6 cm³/mol. The molecule has 11 heteroatoms. The number of hydrogen-bond acceptors (Lipinski definition) is 5. The molecule has 0 aliphatic heterocycles. The number of rotatable bonds is 8. The highest BCUT2D eigenvalue weighted by molar-refractivity contribution is 5.93. The van der Waals surface area contributed by atoms with E-state index in [1.807, 2.05) is 10.6 Å². The minimum absolute atomic E-state index is 0.598. The Bertz CT molecular complexity index is 479. The van der Waals surface area contributed by atoms with Gasteiger partial charge in [0.15, 0.2) is 0 Å². The van der Waals surface area contributed by atoms with Crippen molar-refractivity contribution in [3.8, 4) is 0 Å². The van der Waals surface area contributed by atoms with Crippen LogP contribution in [0.15, 0.2) is 0 Å². The number of amides is 4. The van der Waals surface area contributed by atoms with Gasteiger partial charge in [0, 0.05) is 0 Å². The molecule has 0 aromatic carbocycles. The third-order valence-corrected chi connectivity index (χ3v) is 2.51. The fourth-order valence-electron chi connectivity index (χ4n) is 1.35. The minimum Gasteiger partial charge on any atom is -0.480 e. The van der Waals surface area contributed by atoms with Gasteiger partial charge in [-0.2, -0.15) is 0 Å². The first-order valence-electron chi connectivity index (χ1n) is 6.16. The molecular weight excluding hydrogens is 300 g/mol. The summed E-state index contributed by atoms with van der Waals surface area (Å²) >= 11 is 0. The van der Waals surface area contributed by atoms with Crippen molar-refractivity contribution in [1.82, 2.24) is 16.0 Å². The lowest BCUT2D eigenvalue weighted by Gasteiger charge is -2.19. The molecule has 0 rings (SSSR count). The molecule has 0 unspecified atom stereocenters. The molecule has 4 amide bonds. The topological polar surface area (TPSA) is 188 Å². The van der Waals surface area contributed by atoms with E-state index in [2.05, 4.69) is 5.32 Å². The third kappa shape index (κ3) is 7.07. The maximum atomic E-state index is 11.7. The molecular formula is C11H18N4O7. The molecule has 0 saturated carbocycles. The SMILES string of the molecule is C[C@H](NC(=O)O)C(=O)N[C@@H](C)C(=O)N[C@@H](CC(N)=O)C(=O)O. The Kier molecular flexibility index (Phi) is 7.35. The number of nitrogens with one attached hydrogen (secondary N) is 3. The highest BCUT2D eigenvalue weighted by Gasteiger charge is 2.26. The highest BCUT2D eigenvalue weighted by atomic mass is 16.4. The van der Waals surface area contributed by atoms with Gasteiger partial charge in [-0.3, -0.25) is 14.4 Å². The molecule has 0 spiro atoms. The summed E-state index contributed by atoms with van der Waals surface area (Å²) in [5, 5.41) is 23.4. The van der Waals surface area contributed by atoms with E-state index in [4.69, 9.17) is 15.9 Å². The van der Waals surface area contributed by atoms with E-state index in [-0.39, 0.29) is 0 Å². The van der Waals surface area contributed by atoms with Crippen molar-refractivity contribution >= 4 is 29.8 Å². The first-order chi connectivity index (χ1) is 10.0. The van der Waals surface area contributed by atoms with Crippen LogP contribution in [-0.4, -0.2) is 58.1 Å². The van der Waals surface area contributed by atoms with Crippen molar-refractivity contribution in [3.05, 3.63) is 0 Å². The second-order valence-corrected chi connectivity index (χ2v) is 4.47. The number of carbonyl (C=O) groups excluding carboxylic acids is 3. The van der Waals surface area contributed by atoms with E-state index in [1.165, 1.54) is 13.8 Å². The van der Waals surface area contributed by atoms with E-state index < -0.39 is 54.3 Å². The normalized spacial score (nSPS) is 14.1. The van der Waals surface area contributed by atoms with Crippen LogP contribution >= 0.6 is 0 Å². The van der Waals surface area contributed by atoms with Gasteiger partial charge in [0.05, 0.1) is 6.42 Å². The molecule has 0 aromatic rings. The van der Waals surface area contributed by atoms with Crippen molar-refractivity contribution in [2.45, 2.75) is 38.4 Å². The number of aliphatic carboxylic acids is 1. The van der Waals surface area contributed by atoms with Crippen LogP contribution in [0.3, 0.4) is 0 Å². The van der Waals surface area contributed by atoms with Gasteiger partial charge in [-0.05, 0) is 13.8 Å². The molecule has 0 fully saturated rings. The van der Waals surface area contributed by atoms with Gasteiger partial charge in [-0.1, -0.05) is 0 Å². The van der Waals surface area contributed by atoms with Crippen molar-refractivity contribution in [2.75, 3.05) is 0 Å². The lowest BCUT2D eigenvalue weighted by Crippen LogP contribution is -2.54. The Balaban J connectivity index is 4.58. The molecule has 22 heavy (non-hydrogen) atoms. The molecule has 0 aliphatic carbocycles. The Morgan fingerprint density at radius 3 is 1.77 bits per heavy atom. The van der Waals surface area contributed by atoms with Crippen molar-refractivity contribution < 1.29 is 34.2 Å². The minimum atomic E-state index is -1.51. The Hall–Kier alpha value is -2.85. The molecule has 3 atom stereocenters. The van der Waals surface area contributed by atoms with Gasteiger partial charge in [0.1, 0.15) is 18.1 Å². The molecule has 0 aromatic heterocycles. The van der Waals surface area contributed by atoms with Crippen LogP contribution in [0.4, 0.5) is 4.79 Å². The number of nitrogens with two attached hydrogens (primary N) is 1. The van der Waals surface area contributed by atoms with Gasteiger partial charge in [0.2, 0.25) is 17.7 Å². The molecule has 0 bridgehead atoms. The van der Waals surface area contributed by atoms with Gasteiger partial charge >= 0.3 is 12.1 Å². The Labute approximate surface area is 125 Å². The number of primary amides is 1. The summed E-state index contributed by atoms with van der Waals surface area (Å²) in [5.41, 5.74) is 4.86. The largest absolute Gasteiger partial charge is 0.480 e. The van der Waals surface area contributed by atoms with Crippen molar-refractivity contribution in [2.24, 2.45) is 5.73 Å². The van der Waals surface area contributed by atoms with E-state index in [9.17, 15) is 24.0 Å². The molecule has 0 heterocycles. The van der Waals surface area contributed by atoms with Crippen LogP contribution in [0.25, 0.3) is 0 Å². The first kappa shape index (κ1) is 19.1. The number of carboxylic acids is 1. The van der Waals surface area contributed by atoms with E-state index in [1.54, 1.807) is 0 Å². The number of carbonyl (C=O) groups is 5. The van der Waals surface area contributed by atoms with Crippen molar-refractivity contribution in [3.63, 3.8) is 0 Å². The molecule has 0 aliphatic rings. The fourth-order valence-corrected chi connectivity index (χ4v) is 1.35. The van der Waals surface area contributed by atoms with Crippen LogP contribution in [0.1, 0.15) is 20.3 Å². The lowest BCUT2D eigenvalue weighted by atomic mass is 10.2. The maximum Gasteiger partial charge on any atom is 0.405 e. The molecule has 0 saturated heterocycles. The molecule has 0 radical (unpaired) electrons. The smallest absolute Gasteiger partial charge is 0.405 e. The Morgan fingerprint density at radius 1 is 0.909 bits per heavy atom. The first-order valence-corrected chi connectivity index (χ1v) is 6.16. The van der Waals surface area contributed by atoms with Gasteiger partial charge in [-0.25, -0.2) is 9.59 Å². The third-order valence-electron chi connectivity index (χ3n) is 2.51. The standard InChI is InChI=1S/C11H18N4O7/c1-4(13-8(17)5(2)14-11(21)22)9(18)15-6(10(19)20)3-7(12)16/h4-6,14H,3H2,1-2H3,(H2,12,16)(H,13,17)(H,15,18)(H,19,20)(H,21,22)/t4-,5-,6-/m0/s1. The Morgan fingerprint density at radius 2 is 1.36 bits per heavy atom. The van der Waals surface area contributed by atoms with E-state index in [0.717, 1.165) is 0 Å². The van der Waals surface area contributed by atoms with Gasteiger partial charge in [-0.15, -0.1) is 0 Å². The fraction of sp³-hybridized carbons (Fsp3) is 0.545. The van der Waals surface area contributed by atoms with Crippen molar-refractivity contribution in [1.29, 1.82) is 0 Å². The zero-order valence-corrected chi connectivity index (χ0v) is 12.0. The number of carboxylic acid groups (broad SMARTS) is 2. The van der Waals surface area contributed by atoms with Crippen LogP contribution < -0.4 is 21.7 Å². The average Bonchev–Trinajstić information content (AvgIpc) is 2.35. The highest BCUT2D eigenvalue weighted by Crippen LogP contribution is 1.94. The summed E-state index contributed by atoms with van der Waals surface area (Å²) < 4.78 is 0. The molecule has 124 valence electrons. The zero-order chi connectivity index (χ0) is 17.4. The average molecular weight is 318 g/mol. The summed E-state index contributed by atoms with van der Waals surface area (Å²) in [7, 11) is 0. The second kappa shape index (κ2) is 8.44. The molecule has 7 N–H and O–H groups in total. The van der Waals surface area contributed by atoms with Crippen LogP contribution in [-0.2, 0) is 19.2 Å². The maximum absolute atomic E-state index is 11.7. The summed E-state index contributed by atoms with van der Waals surface area (Å²) in [6, 6.07) is -3.76. The summed E-state index contributed by atoms with van der Waals surface area (Å²) in [5.74, 6) is -3.99. The summed E-state index contributed by atoms with van der Waals surface area (Å²) in [6.07, 6.45) is -2.01. The molecule has 11 nitrogen and oxygen atoms in total. The summed E-state index contributed by atoms with van der Waals surface area (Å²) in [6.45, 7) is 2.53. The lowest BCUT2D eigenvalue weighted by molar-refractivity contribution is -0.143. The van der Waals surface area contributed by atoms with Gasteiger partial charge in [0.25, 0.3) is 0 Å². The van der Waals surface area contributed by atoms with E-state index >= 15 is 0 Å².